The highest BCUT2D eigenvalue weighted by molar-refractivity contribution is 6.01. The van der Waals surface area contributed by atoms with E-state index in [-0.39, 0.29) is 24.0 Å². The van der Waals surface area contributed by atoms with Crippen molar-refractivity contribution in [2.24, 2.45) is 0 Å². The van der Waals surface area contributed by atoms with Gasteiger partial charge < -0.3 is 19.8 Å². The van der Waals surface area contributed by atoms with E-state index in [9.17, 15) is 19.5 Å². The maximum atomic E-state index is 14.2. The third-order valence-corrected chi connectivity index (χ3v) is 8.16. The molecular weight excluding hydrogens is 516 g/mol. The van der Waals surface area contributed by atoms with E-state index in [0.717, 1.165) is 5.56 Å². The van der Waals surface area contributed by atoms with Crippen LogP contribution < -0.4 is 4.90 Å². The second-order valence-electron chi connectivity index (χ2n) is 12.0. The first-order chi connectivity index (χ1) is 19.6. The van der Waals surface area contributed by atoms with Gasteiger partial charge in [0.25, 0.3) is 0 Å². The first kappa shape index (κ1) is 28.2. The molecule has 4 amide bonds. The number of piperazine rings is 1. The normalized spacial score (nSPS) is 20.0. The van der Waals surface area contributed by atoms with E-state index in [1.807, 2.05) is 72.8 Å². The standard InChI is InChI=1S/C33H38N4O4/c1-33(2,3)24-17-15-23(16-18-24)21-34(4)31(40)37-27-19-20-28(37)29(30(38)39)35(22-27)32(41)36(25-11-7-5-8-12-25)26-13-9-6-10-14-26/h5-18,27-29H,19-22H2,1-4H3,(H,38,39)/t27-,28+,29-/m0/s1. The quantitative estimate of drug-likeness (QED) is 0.413. The number of fused-ring (bicyclic) bond motifs is 2. The number of aliphatic carboxylic acids is 1. The van der Waals surface area contributed by atoms with E-state index in [1.165, 1.54) is 10.5 Å². The lowest BCUT2D eigenvalue weighted by molar-refractivity contribution is -0.145. The number of likely N-dealkylation sites (tertiary alicyclic amines) is 1. The number of amides is 4. The van der Waals surface area contributed by atoms with Crippen molar-refractivity contribution in [3.8, 4) is 0 Å². The van der Waals surface area contributed by atoms with Gasteiger partial charge in [0.1, 0.15) is 0 Å². The SMILES string of the molecule is CN(Cc1ccc(C(C)(C)C)cc1)C(=O)N1[C@H]2CC[C@@H]1[C@@H](C(=O)O)N(C(=O)N(c1ccccc1)c1ccccc1)C2. The number of carboxylic acids is 1. The molecule has 5 rings (SSSR count). The highest BCUT2D eigenvalue weighted by Crippen LogP contribution is 2.38. The van der Waals surface area contributed by atoms with Crippen LogP contribution in [0, 0.1) is 0 Å². The number of anilines is 2. The molecule has 0 spiro atoms. The van der Waals surface area contributed by atoms with Crippen LogP contribution in [0.1, 0.15) is 44.7 Å². The maximum absolute atomic E-state index is 14.2. The van der Waals surface area contributed by atoms with Crippen molar-refractivity contribution in [3.05, 3.63) is 96.1 Å². The molecule has 0 unspecified atom stereocenters. The molecule has 1 N–H and O–H groups in total. The zero-order valence-electron chi connectivity index (χ0n) is 24.1. The molecule has 2 saturated heterocycles. The molecule has 0 radical (unpaired) electrons. The lowest BCUT2D eigenvalue weighted by Gasteiger charge is -2.47. The Bertz CT molecular complexity index is 1350. The Morgan fingerprint density at radius 3 is 1.90 bits per heavy atom. The lowest BCUT2D eigenvalue weighted by Crippen LogP contribution is -2.67. The van der Waals surface area contributed by atoms with Crippen molar-refractivity contribution >= 4 is 29.4 Å². The number of carboxylic acid groups (broad SMARTS) is 1. The van der Waals surface area contributed by atoms with Crippen LogP contribution in [0.4, 0.5) is 21.0 Å². The van der Waals surface area contributed by atoms with Crippen LogP contribution in [-0.4, -0.2) is 69.6 Å². The molecule has 0 aliphatic carbocycles. The smallest absolute Gasteiger partial charge is 0.329 e. The van der Waals surface area contributed by atoms with Gasteiger partial charge in [0.05, 0.1) is 23.5 Å². The van der Waals surface area contributed by atoms with Crippen LogP contribution >= 0.6 is 0 Å². The molecule has 8 heteroatoms. The molecule has 0 saturated carbocycles. The summed E-state index contributed by atoms with van der Waals surface area (Å²) in [7, 11) is 1.75. The van der Waals surface area contributed by atoms with Crippen molar-refractivity contribution in [1.29, 1.82) is 0 Å². The zero-order chi connectivity index (χ0) is 29.3. The van der Waals surface area contributed by atoms with Gasteiger partial charge in [-0.15, -0.1) is 0 Å². The summed E-state index contributed by atoms with van der Waals surface area (Å²) in [6, 6.07) is 24.1. The van der Waals surface area contributed by atoms with Gasteiger partial charge in [-0.3, -0.25) is 4.90 Å². The summed E-state index contributed by atoms with van der Waals surface area (Å²) in [6.07, 6.45) is 1.18. The van der Waals surface area contributed by atoms with Gasteiger partial charge in [-0.2, -0.15) is 0 Å². The maximum Gasteiger partial charge on any atom is 0.329 e. The van der Waals surface area contributed by atoms with Crippen molar-refractivity contribution in [1.82, 2.24) is 14.7 Å². The van der Waals surface area contributed by atoms with Gasteiger partial charge in [0.15, 0.2) is 6.04 Å². The van der Waals surface area contributed by atoms with E-state index >= 15 is 0 Å². The van der Waals surface area contributed by atoms with Crippen molar-refractivity contribution in [2.75, 3.05) is 18.5 Å². The second kappa shape index (κ2) is 11.3. The Kier molecular flexibility index (Phi) is 7.76. The predicted octanol–water partition coefficient (Wildman–Crippen LogP) is 6.10. The van der Waals surface area contributed by atoms with E-state index in [1.54, 1.807) is 21.7 Å². The number of urea groups is 2. The summed E-state index contributed by atoms with van der Waals surface area (Å²) >= 11 is 0. The molecule has 8 nitrogen and oxygen atoms in total. The number of carbonyl (C=O) groups excluding carboxylic acids is 2. The fourth-order valence-electron chi connectivity index (χ4n) is 6.04. The average Bonchev–Trinajstić information content (AvgIpc) is 3.25. The molecule has 3 atom stereocenters. The number of carbonyl (C=O) groups is 3. The van der Waals surface area contributed by atoms with Gasteiger partial charge in [-0.25, -0.2) is 14.4 Å². The molecular formula is C33H38N4O4. The molecule has 2 aliphatic rings. The van der Waals surface area contributed by atoms with Crippen molar-refractivity contribution < 1.29 is 19.5 Å². The Hall–Kier alpha value is -4.33. The molecule has 41 heavy (non-hydrogen) atoms. The van der Waals surface area contributed by atoms with Crippen LogP contribution in [0.25, 0.3) is 0 Å². The summed E-state index contributed by atoms with van der Waals surface area (Å²) in [5.74, 6) is -1.11. The summed E-state index contributed by atoms with van der Waals surface area (Å²) in [4.78, 5) is 47.0. The highest BCUT2D eigenvalue weighted by atomic mass is 16.4. The number of benzene rings is 3. The summed E-state index contributed by atoms with van der Waals surface area (Å²) in [5, 5.41) is 10.4. The summed E-state index contributed by atoms with van der Waals surface area (Å²) in [6.45, 7) is 7.05. The van der Waals surface area contributed by atoms with E-state index in [0.29, 0.717) is 30.8 Å². The monoisotopic (exact) mass is 554 g/mol. The third kappa shape index (κ3) is 5.64. The molecule has 3 aromatic carbocycles. The van der Waals surface area contributed by atoms with Crippen molar-refractivity contribution in [2.45, 2.75) is 63.7 Å². The van der Waals surface area contributed by atoms with Crippen LogP contribution in [0.3, 0.4) is 0 Å². The van der Waals surface area contributed by atoms with Crippen LogP contribution in [-0.2, 0) is 16.8 Å². The minimum atomic E-state index is -1.15. The van der Waals surface area contributed by atoms with E-state index in [4.69, 9.17) is 0 Å². The Labute approximate surface area is 241 Å². The first-order valence-corrected chi connectivity index (χ1v) is 14.1. The van der Waals surface area contributed by atoms with Crippen molar-refractivity contribution in [3.63, 3.8) is 0 Å². The molecule has 2 fully saturated rings. The Morgan fingerprint density at radius 2 is 1.39 bits per heavy atom. The molecule has 214 valence electrons. The minimum absolute atomic E-state index is 0.0407. The Balaban J connectivity index is 1.38. The second-order valence-corrected chi connectivity index (χ2v) is 12.0. The molecule has 0 aromatic heterocycles. The molecule has 2 aliphatic heterocycles. The van der Waals surface area contributed by atoms with Gasteiger partial charge >= 0.3 is 18.0 Å². The Morgan fingerprint density at radius 1 is 0.829 bits per heavy atom. The van der Waals surface area contributed by atoms with E-state index in [2.05, 4.69) is 32.9 Å². The lowest BCUT2D eigenvalue weighted by atomic mass is 9.87. The largest absolute Gasteiger partial charge is 0.480 e. The molecule has 2 bridgehead atoms. The zero-order valence-corrected chi connectivity index (χ0v) is 24.1. The number of rotatable bonds is 5. The van der Waals surface area contributed by atoms with E-state index < -0.39 is 24.1 Å². The summed E-state index contributed by atoms with van der Waals surface area (Å²) in [5.41, 5.74) is 3.57. The predicted molar refractivity (Wildman–Crippen MR) is 159 cm³/mol. The third-order valence-electron chi connectivity index (χ3n) is 8.16. The van der Waals surface area contributed by atoms with Gasteiger partial charge in [0, 0.05) is 20.1 Å². The van der Waals surface area contributed by atoms with Crippen LogP contribution in [0.5, 0.6) is 0 Å². The fourth-order valence-corrected chi connectivity index (χ4v) is 6.04. The number of para-hydroxylation sites is 2. The number of hydrogen-bond donors (Lipinski definition) is 1. The first-order valence-electron chi connectivity index (χ1n) is 14.1. The van der Waals surface area contributed by atoms with Gasteiger partial charge in [-0.1, -0.05) is 81.4 Å². The number of nitrogens with zero attached hydrogens (tertiary/aromatic N) is 4. The molecule has 3 aromatic rings. The number of hydrogen-bond acceptors (Lipinski definition) is 3. The topological polar surface area (TPSA) is 84.4 Å². The molecule has 2 heterocycles. The fraction of sp³-hybridized carbons (Fsp3) is 0.364. The minimum Gasteiger partial charge on any atom is -0.480 e. The van der Waals surface area contributed by atoms with Gasteiger partial charge in [0.2, 0.25) is 0 Å². The van der Waals surface area contributed by atoms with Crippen LogP contribution in [0.15, 0.2) is 84.9 Å². The summed E-state index contributed by atoms with van der Waals surface area (Å²) < 4.78 is 0. The van der Waals surface area contributed by atoms with Gasteiger partial charge in [-0.05, 0) is 53.6 Å². The van der Waals surface area contributed by atoms with Crippen LogP contribution in [0.2, 0.25) is 0 Å². The average molecular weight is 555 g/mol. The highest BCUT2D eigenvalue weighted by Gasteiger charge is 2.54.